The zero-order valence-electron chi connectivity index (χ0n) is 12.4. The Morgan fingerprint density at radius 3 is 2.95 bits per heavy atom. The van der Waals surface area contributed by atoms with Crippen LogP contribution in [0, 0.1) is 11.8 Å². The lowest BCUT2D eigenvalue weighted by atomic mass is 9.81. The smallest absolute Gasteiger partial charge is 0.260 e. The van der Waals surface area contributed by atoms with Gasteiger partial charge in [-0.3, -0.25) is 5.84 Å². The number of hydrazine groups is 1. The lowest BCUT2D eigenvalue weighted by Gasteiger charge is -2.26. The second-order valence-corrected chi connectivity index (χ2v) is 7.51. The number of rotatable bonds is 6. The standard InChI is InChI=1S/C14H24N4O2S/c1-11-4-2-5-12(10-11)7-9-17-21(19,20)14-13(18-15)6-3-8-16-14/h3,6,8,11-12,17-18H,2,4-5,7,9-10,15H2,1H3. The van der Waals surface area contributed by atoms with Crippen molar-refractivity contribution in [3.63, 3.8) is 0 Å². The molecule has 1 saturated carbocycles. The van der Waals surface area contributed by atoms with Crippen molar-refractivity contribution in [1.29, 1.82) is 0 Å². The molecule has 1 aromatic heterocycles. The molecule has 0 spiro atoms. The van der Waals surface area contributed by atoms with Crippen LogP contribution in [0.3, 0.4) is 0 Å². The Bertz CT molecular complexity index is 562. The van der Waals surface area contributed by atoms with E-state index in [2.05, 4.69) is 22.1 Å². The van der Waals surface area contributed by atoms with Gasteiger partial charge in [-0.15, -0.1) is 0 Å². The molecular weight excluding hydrogens is 288 g/mol. The minimum atomic E-state index is -3.62. The molecule has 6 nitrogen and oxygen atoms in total. The van der Waals surface area contributed by atoms with Gasteiger partial charge in [-0.2, -0.15) is 0 Å². The number of anilines is 1. The Kier molecular flexibility index (Phi) is 5.55. The fourth-order valence-corrected chi connectivity index (χ4v) is 4.14. The highest BCUT2D eigenvalue weighted by atomic mass is 32.2. The topological polar surface area (TPSA) is 97.1 Å². The van der Waals surface area contributed by atoms with Gasteiger partial charge in [-0.1, -0.05) is 26.2 Å². The third-order valence-corrected chi connectivity index (χ3v) is 5.49. The molecule has 0 bridgehead atoms. The van der Waals surface area contributed by atoms with Crippen LogP contribution in [0.5, 0.6) is 0 Å². The second-order valence-electron chi connectivity index (χ2n) is 5.82. The Balaban J connectivity index is 1.92. The van der Waals surface area contributed by atoms with E-state index >= 15 is 0 Å². The van der Waals surface area contributed by atoms with Crippen LogP contribution >= 0.6 is 0 Å². The zero-order valence-corrected chi connectivity index (χ0v) is 13.2. The SMILES string of the molecule is CC1CCCC(CCNS(=O)(=O)c2ncccc2NN)C1. The first-order chi connectivity index (χ1) is 10.0. The van der Waals surface area contributed by atoms with E-state index in [1.54, 1.807) is 12.1 Å². The van der Waals surface area contributed by atoms with Crippen molar-refractivity contribution >= 4 is 15.7 Å². The molecule has 1 aliphatic rings. The summed E-state index contributed by atoms with van der Waals surface area (Å²) in [6.45, 7) is 2.71. The Morgan fingerprint density at radius 1 is 1.43 bits per heavy atom. The summed E-state index contributed by atoms with van der Waals surface area (Å²) < 4.78 is 27.1. The van der Waals surface area contributed by atoms with Gasteiger partial charge >= 0.3 is 0 Å². The zero-order chi connectivity index (χ0) is 15.3. The molecule has 2 unspecified atom stereocenters. The summed E-state index contributed by atoms with van der Waals surface area (Å²) >= 11 is 0. The van der Waals surface area contributed by atoms with E-state index in [0.717, 1.165) is 12.3 Å². The van der Waals surface area contributed by atoms with Gasteiger partial charge < -0.3 is 5.43 Å². The van der Waals surface area contributed by atoms with Crippen LogP contribution in [-0.2, 0) is 10.0 Å². The monoisotopic (exact) mass is 312 g/mol. The summed E-state index contributed by atoms with van der Waals surface area (Å²) in [5.41, 5.74) is 2.67. The number of sulfonamides is 1. The molecule has 1 heterocycles. The van der Waals surface area contributed by atoms with Gasteiger partial charge in [0.15, 0.2) is 5.03 Å². The summed E-state index contributed by atoms with van der Waals surface area (Å²) in [4.78, 5) is 3.91. The molecular formula is C14H24N4O2S. The molecule has 1 fully saturated rings. The number of aromatic nitrogens is 1. The summed E-state index contributed by atoms with van der Waals surface area (Å²) in [5, 5.41) is -0.0514. The van der Waals surface area contributed by atoms with Gasteiger partial charge in [-0.05, 0) is 36.8 Å². The summed E-state index contributed by atoms with van der Waals surface area (Å²) in [6, 6.07) is 3.22. The number of hydrogen-bond acceptors (Lipinski definition) is 5. The van der Waals surface area contributed by atoms with Gasteiger partial charge in [0.2, 0.25) is 0 Å². The van der Waals surface area contributed by atoms with Gasteiger partial charge in [-0.25, -0.2) is 18.1 Å². The molecule has 2 rings (SSSR count). The quantitative estimate of drug-likeness (QED) is 0.550. The molecule has 21 heavy (non-hydrogen) atoms. The summed E-state index contributed by atoms with van der Waals surface area (Å²) in [5.74, 6) is 6.70. The molecule has 0 aliphatic heterocycles. The number of pyridine rings is 1. The van der Waals surface area contributed by atoms with Crippen LogP contribution < -0.4 is 16.0 Å². The predicted molar refractivity (Wildman–Crippen MR) is 83.0 cm³/mol. The van der Waals surface area contributed by atoms with Crippen molar-refractivity contribution in [2.24, 2.45) is 17.7 Å². The van der Waals surface area contributed by atoms with Gasteiger partial charge in [0.1, 0.15) is 0 Å². The Hall–Kier alpha value is -1.18. The molecule has 0 radical (unpaired) electrons. The highest BCUT2D eigenvalue weighted by Crippen LogP contribution is 2.30. The molecule has 2 atom stereocenters. The molecule has 0 amide bonds. The van der Waals surface area contributed by atoms with E-state index < -0.39 is 10.0 Å². The van der Waals surface area contributed by atoms with E-state index in [-0.39, 0.29) is 5.03 Å². The molecule has 4 N–H and O–H groups in total. The summed E-state index contributed by atoms with van der Waals surface area (Å²) in [7, 11) is -3.62. The first-order valence-corrected chi connectivity index (χ1v) is 8.92. The largest absolute Gasteiger partial charge is 0.321 e. The van der Waals surface area contributed by atoms with E-state index in [1.807, 2.05) is 0 Å². The fourth-order valence-electron chi connectivity index (χ4n) is 3.00. The molecule has 0 aromatic carbocycles. The maximum Gasteiger partial charge on any atom is 0.260 e. The minimum absolute atomic E-state index is 0.0514. The number of nitrogens with two attached hydrogens (primary N) is 1. The minimum Gasteiger partial charge on any atom is -0.321 e. The lowest BCUT2D eigenvalue weighted by Crippen LogP contribution is -2.29. The van der Waals surface area contributed by atoms with Crippen LogP contribution in [0.25, 0.3) is 0 Å². The van der Waals surface area contributed by atoms with Crippen LogP contribution in [0.4, 0.5) is 5.69 Å². The van der Waals surface area contributed by atoms with Gasteiger partial charge in [0, 0.05) is 12.7 Å². The molecule has 1 aliphatic carbocycles. The first-order valence-electron chi connectivity index (χ1n) is 7.44. The van der Waals surface area contributed by atoms with Crippen LogP contribution in [0.1, 0.15) is 39.0 Å². The highest BCUT2D eigenvalue weighted by molar-refractivity contribution is 7.89. The second kappa shape index (κ2) is 7.20. The van der Waals surface area contributed by atoms with Crippen LogP contribution in [-0.4, -0.2) is 19.9 Å². The van der Waals surface area contributed by atoms with E-state index in [1.165, 1.54) is 31.9 Å². The molecule has 7 heteroatoms. The van der Waals surface area contributed by atoms with Crippen LogP contribution in [0.15, 0.2) is 23.4 Å². The van der Waals surface area contributed by atoms with Gasteiger partial charge in [0.05, 0.1) is 5.69 Å². The molecule has 1 aromatic rings. The van der Waals surface area contributed by atoms with Crippen molar-refractivity contribution in [3.05, 3.63) is 18.3 Å². The average molecular weight is 312 g/mol. The Labute approximate surface area is 126 Å². The van der Waals surface area contributed by atoms with E-state index in [4.69, 9.17) is 5.84 Å². The third kappa shape index (κ3) is 4.39. The van der Waals surface area contributed by atoms with Crippen LogP contribution in [0.2, 0.25) is 0 Å². The fraction of sp³-hybridized carbons (Fsp3) is 0.643. The van der Waals surface area contributed by atoms with Crippen molar-refractivity contribution in [2.75, 3.05) is 12.0 Å². The van der Waals surface area contributed by atoms with Crippen molar-refractivity contribution in [2.45, 2.75) is 44.1 Å². The van der Waals surface area contributed by atoms with E-state index in [9.17, 15) is 8.42 Å². The molecule has 118 valence electrons. The highest BCUT2D eigenvalue weighted by Gasteiger charge is 2.22. The Morgan fingerprint density at radius 2 is 2.24 bits per heavy atom. The molecule has 0 saturated heterocycles. The summed E-state index contributed by atoms with van der Waals surface area (Å²) in [6.07, 6.45) is 7.26. The first kappa shape index (κ1) is 16.2. The van der Waals surface area contributed by atoms with Crippen molar-refractivity contribution < 1.29 is 8.42 Å². The predicted octanol–water partition coefficient (Wildman–Crippen LogP) is 1.86. The van der Waals surface area contributed by atoms with Crippen molar-refractivity contribution in [3.8, 4) is 0 Å². The number of nitrogens with one attached hydrogen (secondary N) is 2. The van der Waals surface area contributed by atoms with Crippen molar-refractivity contribution in [1.82, 2.24) is 9.71 Å². The maximum atomic E-state index is 12.2. The number of nitrogen functional groups attached to an aromatic ring is 1. The normalized spacial score (nSPS) is 23.0. The van der Waals surface area contributed by atoms with E-state index in [0.29, 0.717) is 18.2 Å². The van der Waals surface area contributed by atoms with Gasteiger partial charge in [0.25, 0.3) is 10.0 Å². The average Bonchev–Trinajstić information content (AvgIpc) is 2.47. The maximum absolute atomic E-state index is 12.2. The third-order valence-electron chi connectivity index (χ3n) is 4.07. The number of nitrogens with zero attached hydrogens (tertiary/aromatic N) is 1. The number of hydrogen-bond donors (Lipinski definition) is 3. The lowest BCUT2D eigenvalue weighted by molar-refractivity contribution is 0.271.